The monoisotopic (exact) mass is 153 g/mol. The van der Waals surface area contributed by atoms with Gasteiger partial charge in [0.25, 0.3) is 6.33 Å². The van der Waals surface area contributed by atoms with E-state index in [1.807, 2.05) is 23.9 Å². The third-order valence-electron chi connectivity index (χ3n) is 1.50. The summed E-state index contributed by atoms with van der Waals surface area (Å²) in [5.41, 5.74) is 1.04. The molecule has 0 bridgehead atoms. The summed E-state index contributed by atoms with van der Waals surface area (Å²) in [7, 11) is 1.93. The van der Waals surface area contributed by atoms with Gasteiger partial charge in [-0.15, -0.1) is 0 Å². The molecule has 11 heavy (non-hydrogen) atoms. The molecule has 0 aliphatic rings. The van der Waals surface area contributed by atoms with Gasteiger partial charge in [0.05, 0.1) is 13.2 Å². The van der Waals surface area contributed by atoms with Crippen molar-refractivity contribution in [2.45, 2.75) is 12.8 Å². The minimum atomic E-state index is 0.239. The SMILES string of the molecule is C[n+]1ccc(CCCO)nc1. The summed E-state index contributed by atoms with van der Waals surface area (Å²) in [6.07, 6.45) is 5.38. The Hall–Kier alpha value is -0.960. The summed E-state index contributed by atoms with van der Waals surface area (Å²) in [5, 5.41) is 8.55. The van der Waals surface area contributed by atoms with E-state index in [1.54, 1.807) is 6.33 Å². The van der Waals surface area contributed by atoms with Crippen molar-refractivity contribution in [3.05, 3.63) is 24.3 Å². The van der Waals surface area contributed by atoms with Gasteiger partial charge < -0.3 is 5.11 Å². The fourth-order valence-electron chi connectivity index (χ4n) is 0.858. The summed E-state index contributed by atoms with van der Waals surface area (Å²) in [6.45, 7) is 0.239. The zero-order chi connectivity index (χ0) is 8.10. The smallest absolute Gasteiger partial charge is 0.286 e. The maximum atomic E-state index is 8.55. The summed E-state index contributed by atoms with van der Waals surface area (Å²) in [4.78, 5) is 4.17. The minimum Gasteiger partial charge on any atom is -0.396 e. The van der Waals surface area contributed by atoms with E-state index >= 15 is 0 Å². The molecule has 0 aromatic carbocycles. The van der Waals surface area contributed by atoms with Crippen molar-refractivity contribution < 1.29 is 9.67 Å². The second-order valence-electron chi connectivity index (χ2n) is 2.54. The van der Waals surface area contributed by atoms with Gasteiger partial charge in [-0.3, -0.25) is 0 Å². The molecule has 1 aromatic rings. The topological polar surface area (TPSA) is 37.0 Å². The van der Waals surface area contributed by atoms with Crippen molar-refractivity contribution in [3.8, 4) is 0 Å². The van der Waals surface area contributed by atoms with E-state index in [2.05, 4.69) is 4.98 Å². The number of hydrogen-bond donors (Lipinski definition) is 1. The van der Waals surface area contributed by atoms with E-state index in [1.165, 1.54) is 0 Å². The maximum Gasteiger partial charge on any atom is 0.286 e. The molecule has 0 atom stereocenters. The molecule has 1 aromatic heterocycles. The van der Waals surface area contributed by atoms with Crippen LogP contribution in [0.1, 0.15) is 12.1 Å². The van der Waals surface area contributed by atoms with Crippen LogP contribution in [0.25, 0.3) is 0 Å². The highest BCUT2D eigenvalue weighted by Gasteiger charge is 1.99. The molecule has 1 heterocycles. The van der Waals surface area contributed by atoms with Gasteiger partial charge in [0, 0.05) is 19.1 Å². The van der Waals surface area contributed by atoms with Gasteiger partial charge in [-0.1, -0.05) is 4.98 Å². The standard InChI is InChI=1S/C8H13N2O/c1-10-5-4-8(9-7-10)3-2-6-11/h4-5,7,11H,2-3,6H2,1H3/q+1. The highest BCUT2D eigenvalue weighted by molar-refractivity contribution is 4.94. The molecule has 3 nitrogen and oxygen atoms in total. The van der Waals surface area contributed by atoms with Crippen LogP contribution in [-0.4, -0.2) is 16.7 Å². The molecule has 0 fully saturated rings. The van der Waals surface area contributed by atoms with Gasteiger partial charge in [-0.25, -0.2) is 4.57 Å². The highest BCUT2D eigenvalue weighted by Crippen LogP contribution is 1.94. The largest absolute Gasteiger partial charge is 0.396 e. The molecule has 0 aliphatic heterocycles. The predicted molar refractivity (Wildman–Crippen MR) is 40.8 cm³/mol. The summed E-state index contributed by atoms with van der Waals surface area (Å²) in [6, 6.07) is 1.97. The molecular weight excluding hydrogens is 140 g/mol. The molecule has 1 rings (SSSR count). The van der Waals surface area contributed by atoms with E-state index in [9.17, 15) is 0 Å². The normalized spacial score (nSPS) is 10.0. The summed E-state index contributed by atoms with van der Waals surface area (Å²) < 4.78 is 1.89. The van der Waals surface area contributed by atoms with E-state index in [0.717, 1.165) is 18.5 Å². The van der Waals surface area contributed by atoms with Crippen LogP contribution in [0.2, 0.25) is 0 Å². The Morgan fingerprint density at radius 2 is 2.45 bits per heavy atom. The Balaban J connectivity index is 2.52. The van der Waals surface area contributed by atoms with Gasteiger partial charge in [-0.05, 0) is 6.42 Å². The maximum absolute atomic E-state index is 8.55. The average Bonchev–Trinajstić information content (AvgIpc) is 2.04. The molecule has 0 unspecified atom stereocenters. The number of rotatable bonds is 3. The molecule has 0 spiro atoms. The fourth-order valence-corrected chi connectivity index (χ4v) is 0.858. The van der Waals surface area contributed by atoms with Crippen LogP contribution in [0.15, 0.2) is 18.6 Å². The number of aryl methyl sites for hydroxylation is 2. The molecule has 0 radical (unpaired) electrons. The number of nitrogens with zero attached hydrogens (tertiary/aromatic N) is 2. The van der Waals surface area contributed by atoms with E-state index in [-0.39, 0.29) is 6.61 Å². The fraction of sp³-hybridized carbons (Fsp3) is 0.500. The minimum absolute atomic E-state index is 0.239. The van der Waals surface area contributed by atoms with Crippen LogP contribution < -0.4 is 4.57 Å². The number of aliphatic hydroxyl groups excluding tert-OH is 1. The third kappa shape index (κ3) is 2.63. The average molecular weight is 153 g/mol. The second kappa shape index (κ2) is 4.03. The Labute approximate surface area is 66.3 Å². The van der Waals surface area contributed by atoms with Crippen LogP contribution in [0, 0.1) is 0 Å². The lowest BCUT2D eigenvalue weighted by Gasteiger charge is -1.91. The van der Waals surface area contributed by atoms with Crippen LogP contribution in [0.3, 0.4) is 0 Å². The van der Waals surface area contributed by atoms with Crippen LogP contribution in [-0.2, 0) is 13.5 Å². The Morgan fingerprint density at radius 3 is 3.00 bits per heavy atom. The van der Waals surface area contributed by atoms with Crippen molar-refractivity contribution in [1.82, 2.24) is 4.98 Å². The molecular formula is C8H13N2O+. The molecule has 60 valence electrons. The van der Waals surface area contributed by atoms with Crippen LogP contribution in [0.5, 0.6) is 0 Å². The number of aromatic nitrogens is 2. The molecule has 0 saturated heterocycles. The third-order valence-corrected chi connectivity index (χ3v) is 1.50. The second-order valence-corrected chi connectivity index (χ2v) is 2.54. The zero-order valence-electron chi connectivity index (χ0n) is 6.70. The first-order valence-corrected chi connectivity index (χ1v) is 3.74. The van der Waals surface area contributed by atoms with Crippen molar-refractivity contribution in [2.75, 3.05) is 6.61 Å². The van der Waals surface area contributed by atoms with Crippen molar-refractivity contribution in [2.24, 2.45) is 7.05 Å². The van der Waals surface area contributed by atoms with Crippen LogP contribution in [0.4, 0.5) is 0 Å². The lowest BCUT2D eigenvalue weighted by atomic mass is 10.2. The number of hydrogen-bond acceptors (Lipinski definition) is 2. The molecule has 0 amide bonds. The molecule has 3 heteroatoms. The van der Waals surface area contributed by atoms with Gasteiger partial charge in [0.2, 0.25) is 0 Å². The van der Waals surface area contributed by atoms with Crippen molar-refractivity contribution in [3.63, 3.8) is 0 Å². The van der Waals surface area contributed by atoms with Crippen molar-refractivity contribution in [1.29, 1.82) is 0 Å². The van der Waals surface area contributed by atoms with Crippen molar-refractivity contribution >= 4 is 0 Å². The zero-order valence-corrected chi connectivity index (χ0v) is 6.70. The highest BCUT2D eigenvalue weighted by atomic mass is 16.2. The van der Waals surface area contributed by atoms with Gasteiger partial charge >= 0.3 is 0 Å². The Morgan fingerprint density at radius 1 is 1.64 bits per heavy atom. The van der Waals surface area contributed by atoms with Gasteiger partial charge in [0.1, 0.15) is 0 Å². The number of aliphatic hydroxyl groups is 1. The first-order chi connectivity index (χ1) is 5.33. The van der Waals surface area contributed by atoms with E-state index in [0.29, 0.717) is 0 Å². The molecule has 0 aliphatic carbocycles. The van der Waals surface area contributed by atoms with E-state index < -0.39 is 0 Å². The predicted octanol–water partition coefficient (Wildman–Crippen LogP) is -0.169. The van der Waals surface area contributed by atoms with Crippen LogP contribution >= 0.6 is 0 Å². The molecule has 0 saturated carbocycles. The first kappa shape index (κ1) is 8.14. The lowest BCUT2D eigenvalue weighted by molar-refractivity contribution is -0.674. The Kier molecular flexibility index (Phi) is 2.98. The Bertz CT molecular complexity index is 208. The van der Waals surface area contributed by atoms with E-state index in [4.69, 9.17) is 5.11 Å². The lowest BCUT2D eigenvalue weighted by Crippen LogP contribution is -2.27. The quantitative estimate of drug-likeness (QED) is 0.612. The van der Waals surface area contributed by atoms with Gasteiger partial charge in [0.15, 0.2) is 5.69 Å². The summed E-state index contributed by atoms with van der Waals surface area (Å²) in [5.74, 6) is 0. The first-order valence-electron chi connectivity index (χ1n) is 3.74. The molecule has 1 N–H and O–H groups in total. The van der Waals surface area contributed by atoms with Gasteiger partial charge in [-0.2, -0.15) is 0 Å². The summed E-state index contributed by atoms with van der Waals surface area (Å²) >= 11 is 0.